The first kappa shape index (κ1) is 29.5. The second-order valence-corrected chi connectivity index (χ2v) is 14.1. The zero-order valence-corrected chi connectivity index (χ0v) is 25.5. The Morgan fingerprint density at radius 3 is 2.32 bits per heavy atom. The van der Waals surface area contributed by atoms with Crippen LogP contribution in [-0.2, 0) is 14.4 Å². The number of amides is 3. The molecule has 3 heterocycles. The van der Waals surface area contributed by atoms with Crippen molar-refractivity contribution in [3.05, 3.63) is 53.6 Å². The number of rotatable bonds is 9. The molecule has 8 nitrogen and oxygen atoms in total. The van der Waals surface area contributed by atoms with E-state index in [4.69, 9.17) is 4.74 Å². The van der Waals surface area contributed by atoms with Crippen molar-refractivity contribution in [3.63, 3.8) is 0 Å². The summed E-state index contributed by atoms with van der Waals surface area (Å²) in [5.41, 5.74) is 3.25. The largest absolute Gasteiger partial charge is 0.494 e. The molecule has 3 fully saturated rings. The minimum Gasteiger partial charge on any atom is -0.494 e. The lowest BCUT2D eigenvalue weighted by atomic mass is 9.66. The molecular weight excluding hydrogens is 538 g/mol. The van der Waals surface area contributed by atoms with Gasteiger partial charge in [0.2, 0.25) is 17.7 Å². The summed E-state index contributed by atoms with van der Waals surface area (Å²) in [4.78, 5) is 44.3. The highest BCUT2D eigenvalue weighted by Gasteiger charge is 2.77. The number of anilines is 2. The van der Waals surface area contributed by atoms with Crippen molar-refractivity contribution in [1.29, 1.82) is 0 Å². The van der Waals surface area contributed by atoms with Crippen LogP contribution in [-0.4, -0.2) is 62.5 Å². The molecule has 41 heavy (non-hydrogen) atoms. The SMILES string of the molecule is CCOc1ccc(NC(=O)[C@@H]2[C@H]3C(=O)N([C@@H](CO)C(C)C)C(C(=O)Nc4c(C)cccc4C)C34CC[C@@]2(C)S4)cc1. The van der Waals surface area contributed by atoms with Crippen molar-refractivity contribution in [1.82, 2.24) is 4.90 Å². The van der Waals surface area contributed by atoms with Gasteiger partial charge in [-0.25, -0.2) is 0 Å². The number of hydrogen-bond acceptors (Lipinski definition) is 6. The topological polar surface area (TPSA) is 108 Å². The number of aliphatic hydroxyl groups excluding tert-OH is 1. The van der Waals surface area contributed by atoms with Gasteiger partial charge in [-0.05, 0) is 81.8 Å². The Kier molecular flexibility index (Phi) is 7.89. The van der Waals surface area contributed by atoms with Crippen LogP contribution in [0.5, 0.6) is 5.75 Å². The van der Waals surface area contributed by atoms with Gasteiger partial charge in [0.1, 0.15) is 11.8 Å². The number of benzene rings is 2. The summed E-state index contributed by atoms with van der Waals surface area (Å²) in [6.45, 7) is 12.0. The number of aryl methyl sites for hydroxylation is 2. The fourth-order valence-electron chi connectivity index (χ4n) is 7.27. The van der Waals surface area contributed by atoms with Gasteiger partial charge >= 0.3 is 0 Å². The smallest absolute Gasteiger partial charge is 0.248 e. The molecule has 220 valence electrons. The number of hydrogen-bond donors (Lipinski definition) is 3. The second-order valence-electron chi connectivity index (χ2n) is 12.2. The molecule has 9 heteroatoms. The first-order valence-corrected chi connectivity index (χ1v) is 15.3. The number of nitrogens with zero attached hydrogens (tertiary/aromatic N) is 1. The second kappa shape index (κ2) is 11.0. The van der Waals surface area contributed by atoms with E-state index < -0.39 is 33.4 Å². The number of carbonyl (C=O) groups is 3. The van der Waals surface area contributed by atoms with E-state index in [0.717, 1.165) is 29.0 Å². The summed E-state index contributed by atoms with van der Waals surface area (Å²) in [5, 5.41) is 16.6. The monoisotopic (exact) mass is 579 g/mol. The molecule has 0 aliphatic carbocycles. The van der Waals surface area contributed by atoms with Crippen molar-refractivity contribution in [2.45, 2.75) is 76.0 Å². The number of para-hydroxylation sites is 1. The van der Waals surface area contributed by atoms with Crippen LogP contribution < -0.4 is 15.4 Å². The number of likely N-dealkylation sites (tertiary alicyclic amines) is 1. The zero-order valence-electron chi connectivity index (χ0n) is 24.7. The van der Waals surface area contributed by atoms with E-state index in [-0.39, 0.29) is 30.2 Å². The third-order valence-electron chi connectivity index (χ3n) is 9.22. The van der Waals surface area contributed by atoms with Gasteiger partial charge in [0.05, 0.1) is 35.8 Å². The van der Waals surface area contributed by atoms with E-state index in [9.17, 15) is 19.5 Å². The maximum Gasteiger partial charge on any atom is 0.248 e. The standard InChI is InChI=1S/C32H41N3O5S/c1-7-40-22-13-11-21(12-14-22)33-28(37)24-25-30(39)35(23(17-36)18(2)3)27(32(25)16-15-31(24,6)41-32)29(38)34-26-19(4)9-8-10-20(26)5/h8-14,18,23-25,27,36H,7,15-17H2,1-6H3,(H,33,37)(H,34,38)/t23-,24-,25-,27?,31+,32?/m0/s1. The molecule has 6 atom stereocenters. The van der Waals surface area contributed by atoms with Gasteiger partial charge in [0, 0.05) is 16.1 Å². The summed E-state index contributed by atoms with van der Waals surface area (Å²) < 4.78 is 4.26. The van der Waals surface area contributed by atoms with Crippen molar-refractivity contribution >= 4 is 40.9 Å². The first-order valence-electron chi connectivity index (χ1n) is 14.5. The minimum absolute atomic E-state index is 0.0800. The lowest BCUT2D eigenvalue weighted by molar-refractivity contribution is -0.142. The van der Waals surface area contributed by atoms with E-state index in [0.29, 0.717) is 18.7 Å². The molecule has 2 aromatic carbocycles. The summed E-state index contributed by atoms with van der Waals surface area (Å²) in [5.74, 6) is -1.35. The Morgan fingerprint density at radius 2 is 1.73 bits per heavy atom. The van der Waals surface area contributed by atoms with E-state index in [1.54, 1.807) is 28.8 Å². The fourth-order valence-corrected chi connectivity index (χ4v) is 9.61. The van der Waals surface area contributed by atoms with Crippen LogP contribution in [0.4, 0.5) is 11.4 Å². The van der Waals surface area contributed by atoms with Crippen LogP contribution in [0, 0.1) is 31.6 Å². The Bertz CT molecular complexity index is 1330. The van der Waals surface area contributed by atoms with Crippen molar-refractivity contribution < 1.29 is 24.2 Å². The molecule has 3 aliphatic rings. The van der Waals surface area contributed by atoms with Crippen LogP contribution in [0.15, 0.2) is 42.5 Å². The van der Waals surface area contributed by atoms with Crippen LogP contribution in [0.2, 0.25) is 0 Å². The number of carbonyl (C=O) groups excluding carboxylic acids is 3. The van der Waals surface area contributed by atoms with Crippen molar-refractivity contribution in [3.8, 4) is 5.75 Å². The normalized spacial score (nSPS) is 29.0. The predicted octanol–water partition coefficient (Wildman–Crippen LogP) is 4.78. The highest BCUT2D eigenvalue weighted by Crippen LogP contribution is 2.71. The average molecular weight is 580 g/mol. The van der Waals surface area contributed by atoms with Gasteiger partial charge in [0.15, 0.2) is 0 Å². The Balaban J connectivity index is 1.52. The molecule has 3 N–H and O–H groups in total. The molecule has 3 saturated heterocycles. The minimum atomic E-state index is -0.811. The van der Waals surface area contributed by atoms with Gasteiger partial charge in [0.25, 0.3) is 0 Å². The van der Waals surface area contributed by atoms with Gasteiger partial charge in [-0.2, -0.15) is 0 Å². The number of thioether (sulfide) groups is 1. The van der Waals surface area contributed by atoms with Crippen molar-refractivity contribution in [2.75, 3.05) is 23.8 Å². The van der Waals surface area contributed by atoms with E-state index >= 15 is 0 Å². The maximum atomic E-state index is 14.4. The molecule has 0 aromatic heterocycles. The van der Waals surface area contributed by atoms with Crippen LogP contribution in [0.3, 0.4) is 0 Å². The molecule has 3 amide bonds. The van der Waals surface area contributed by atoms with E-state index in [1.807, 2.05) is 65.0 Å². The third kappa shape index (κ3) is 4.80. The number of fused-ring (bicyclic) bond motifs is 1. The molecule has 0 saturated carbocycles. The Hall–Kier alpha value is -3.04. The molecule has 2 bridgehead atoms. The summed E-state index contributed by atoms with van der Waals surface area (Å²) in [6.07, 6.45) is 1.37. The first-order chi connectivity index (χ1) is 19.5. The number of aliphatic hydroxyl groups is 1. The van der Waals surface area contributed by atoms with Crippen molar-refractivity contribution in [2.24, 2.45) is 17.8 Å². The van der Waals surface area contributed by atoms with E-state index in [1.165, 1.54) is 0 Å². The molecular formula is C32H41N3O5S. The molecule has 2 aromatic rings. The summed E-state index contributed by atoms with van der Waals surface area (Å²) in [6, 6.07) is 11.7. The fraction of sp³-hybridized carbons (Fsp3) is 0.531. The quantitative estimate of drug-likeness (QED) is 0.395. The Morgan fingerprint density at radius 1 is 1.07 bits per heavy atom. The molecule has 5 rings (SSSR count). The van der Waals surface area contributed by atoms with Gasteiger partial charge < -0.3 is 25.4 Å². The van der Waals surface area contributed by atoms with Crippen LogP contribution in [0.25, 0.3) is 0 Å². The third-order valence-corrected chi connectivity index (χ3v) is 11.2. The van der Waals surface area contributed by atoms with Gasteiger partial charge in [-0.1, -0.05) is 32.0 Å². The molecule has 3 aliphatic heterocycles. The van der Waals surface area contributed by atoms with Crippen LogP contribution >= 0.6 is 11.8 Å². The molecule has 0 radical (unpaired) electrons. The number of nitrogens with one attached hydrogen (secondary N) is 2. The average Bonchev–Trinajstić information content (AvgIpc) is 3.49. The summed E-state index contributed by atoms with van der Waals surface area (Å²) >= 11 is 1.62. The predicted molar refractivity (Wildman–Crippen MR) is 162 cm³/mol. The van der Waals surface area contributed by atoms with E-state index in [2.05, 4.69) is 17.6 Å². The maximum absolute atomic E-state index is 14.4. The number of ether oxygens (including phenoxy) is 1. The lowest BCUT2D eigenvalue weighted by Crippen LogP contribution is -2.56. The molecule has 1 spiro atoms. The van der Waals surface area contributed by atoms with Crippen LogP contribution in [0.1, 0.15) is 51.7 Å². The van der Waals surface area contributed by atoms with Gasteiger partial charge in [-0.3, -0.25) is 14.4 Å². The highest BCUT2D eigenvalue weighted by atomic mass is 32.2. The Labute approximate surface area is 246 Å². The lowest BCUT2D eigenvalue weighted by Gasteiger charge is -2.38. The highest BCUT2D eigenvalue weighted by molar-refractivity contribution is 8.02. The molecule has 2 unspecified atom stereocenters. The zero-order chi connectivity index (χ0) is 29.7. The van der Waals surface area contributed by atoms with Gasteiger partial charge in [-0.15, -0.1) is 11.8 Å². The summed E-state index contributed by atoms with van der Waals surface area (Å²) in [7, 11) is 0.